The van der Waals surface area contributed by atoms with Crippen molar-refractivity contribution < 1.29 is 9.84 Å². The normalized spacial score (nSPS) is 12.1. The number of thiophene rings is 1. The van der Waals surface area contributed by atoms with E-state index >= 15 is 0 Å². The molecule has 0 aliphatic carbocycles. The van der Waals surface area contributed by atoms with Crippen LogP contribution in [0.25, 0.3) is 21.1 Å². The second kappa shape index (κ2) is 7.11. The van der Waals surface area contributed by atoms with Crippen molar-refractivity contribution in [2.24, 2.45) is 0 Å². The number of rotatable bonds is 5. The summed E-state index contributed by atoms with van der Waals surface area (Å²) in [6.07, 6.45) is 6.27. The van der Waals surface area contributed by atoms with Crippen LogP contribution in [-0.4, -0.2) is 27.2 Å². The third kappa shape index (κ3) is 3.12. The SMILES string of the molecule is COc1ccc(C(O)c2cc(-c3ccncc3)sc2-c2ncc[nH]2)cc1. The van der Waals surface area contributed by atoms with Crippen LogP contribution >= 0.6 is 11.3 Å². The number of hydrogen-bond acceptors (Lipinski definition) is 5. The minimum absolute atomic E-state index is 0.748. The van der Waals surface area contributed by atoms with Gasteiger partial charge in [0.1, 0.15) is 17.7 Å². The van der Waals surface area contributed by atoms with E-state index in [-0.39, 0.29) is 0 Å². The van der Waals surface area contributed by atoms with Crippen molar-refractivity contribution in [3.05, 3.63) is 78.4 Å². The first-order chi connectivity index (χ1) is 12.8. The minimum atomic E-state index is -0.757. The summed E-state index contributed by atoms with van der Waals surface area (Å²) in [5.41, 5.74) is 2.69. The molecule has 1 aromatic carbocycles. The van der Waals surface area contributed by atoms with Gasteiger partial charge in [0.25, 0.3) is 0 Å². The molecule has 0 aliphatic heterocycles. The Labute approximate surface area is 155 Å². The zero-order chi connectivity index (χ0) is 17.9. The van der Waals surface area contributed by atoms with Crippen molar-refractivity contribution in [2.45, 2.75) is 6.10 Å². The molecular formula is C20H17N3O2S. The van der Waals surface area contributed by atoms with Crippen molar-refractivity contribution in [3.8, 4) is 26.9 Å². The standard InChI is InChI=1S/C20H17N3O2S/c1-25-15-4-2-14(3-5-15)18(24)16-12-17(13-6-8-21-9-7-13)26-19(16)20-22-10-11-23-20/h2-12,18,24H,1H3,(H,22,23). The molecule has 1 atom stereocenters. The smallest absolute Gasteiger partial charge is 0.147 e. The molecule has 3 aromatic heterocycles. The summed E-state index contributed by atoms with van der Waals surface area (Å²) in [7, 11) is 1.63. The molecule has 1 unspecified atom stereocenters. The van der Waals surface area contributed by atoms with Crippen LogP contribution in [0.4, 0.5) is 0 Å². The Bertz CT molecular complexity index is 980. The van der Waals surface area contributed by atoms with Gasteiger partial charge in [0, 0.05) is 35.2 Å². The number of H-pyrrole nitrogens is 1. The van der Waals surface area contributed by atoms with Crippen LogP contribution in [0.1, 0.15) is 17.2 Å². The van der Waals surface area contributed by atoms with Crippen LogP contribution in [0.3, 0.4) is 0 Å². The summed E-state index contributed by atoms with van der Waals surface area (Å²) in [5.74, 6) is 1.51. The number of aliphatic hydroxyl groups is 1. The first-order valence-corrected chi connectivity index (χ1v) is 8.94. The number of benzene rings is 1. The highest BCUT2D eigenvalue weighted by Crippen LogP contribution is 2.41. The van der Waals surface area contributed by atoms with Crippen LogP contribution in [0.5, 0.6) is 5.75 Å². The van der Waals surface area contributed by atoms with Crippen molar-refractivity contribution >= 4 is 11.3 Å². The highest BCUT2D eigenvalue weighted by Gasteiger charge is 2.21. The average molecular weight is 363 g/mol. The molecule has 0 spiro atoms. The zero-order valence-corrected chi connectivity index (χ0v) is 14.9. The Balaban J connectivity index is 1.79. The summed E-state index contributed by atoms with van der Waals surface area (Å²) in [4.78, 5) is 13.6. The van der Waals surface area contributed by atoms with Gasteiger partial charge in [0.05, 0.1) is 12.0 Å². The lowest BCUT2D eigenvalue weighted by molar-refractivity contribution is 0.221. The topological polar surface area (TPSA) is 71.0 Å². The number of aliphatic hydroxyl groups excluding tert-OH is 1. The second-order valence-electron chi connectivity index (χ2n) is 5.74. The van der Waals surface area contributed by atoms with E-state index in [1.807, 2.05) is 42.5 Å². The van der Waals surface area contributed by atoms with Crippen molar-refractivity contribution in [3.63, 3.8) is 0 Å². The molecule has 2 N–H and O–H groups in total. The molecule has 0 fully saturated rings. The number of imidazole rings is 1. The van der Waals surface area contributed by atoms with E-state index < -0.39 is 6.10 Å². The molecule has 26 heavy (non-hydrogen) atoms. The van der Waals surface area contributed by atoms with Crippen molar-refractivity contribution in [2.75, 3.05) is 7.11 Å². The van der Waals surface area contributed by atoms with Crippen LogP contribution in [0.15, 0.2) is 67.3 Å². The van der Waals surface area contributed by atoms with E-state index in [1.54, 1.807) is 43.2 Å². The van der Waals surface area contributed by atoms with Gasteiger partial charge in [-0.1, -0.05) is 12.1 Å². The third-order valence-electron chi connectivity index (χ3n) is 4.17. The van der Waals surface area contributed by atoms with Gasteiger partial charge in [0.2, 0.25) is 0 Å². The van der Waals surface area contributed by atoms with Gasteiger partial charge in [0.15, 0.2) is 0 Å². The fourth-order valence-corrected chi connectivity index (χ4v) is 3.96. The van der Waals surface area contributed by atoms with Gasteiger partial charge in [-0.15, -0.1) is 11.3 Å². The largest absolute Gasteiger partial charge is 0.497 e. The minimum Gasteiger partial charge on any atom is -0.497 e. The van der Waals surface area contributed by atoms with E-state index in [0.717, 1.165) is 38.0 Å². The molecule has 0 aliphatic rings. The number of pyridine rings is 1. The quantitative estimate of drug-likeness (QED) is 0.555. The summed E-state index contributed by atoms with van der Waals surface area (Å²) >= 11 is 1.59. The van der Waals surface area contributed by atoms with Crippen LogP contribution in [-0.2, 0) is 0 Å². The first kappa shape index (κ1) is 16.5. The molecule has 0 bridgehead atoms. The lowest BCUT2D eigenvalue weighted by atomic mass is 10.0. The maximum atomic E-state index is 11.0. The van der Waals surface area contributed by atoms with E-state index in [4.69, 9.17) is 4.74 Å². The maximum Gasteiger partial charge on any atom is 0.147 e. The molecule has 4 rings (SSSR count). The highest BCUT2D eigenvalue weighted by molar-refractivity contribution is 7.19. The Kier molecular flexibility index (Phi) is 4.51. The number of aromatic nitrogens is 3. The highest BCUT2D eigenvalue weighted by atomic mass is 32.1. The lowest BCUT2D eigenvalue weighted by Gasteiger charge is -2.12. The molecule has 0 saturated heterocycles. The zero-order valence-electron chi connectivity index (χ0n) is 14.1. The molecular weight excluding hydrogens is 346 g/mol. The fraction of sp³-hybridized carbons (Fsp3) is 0.100. The Morgan fingerprint density at radius 3 is 2.50 bits per heavy atom. The van der Waals surface area contributed by atoms with Gasteiger partial charge in [-0.05, 0) is 41.5 Å². The number of methoxy groups -OCH3 is 1. The van der Waals surface area contributed by atoms with Gasteiger partial charge in [-0.2, -0.15) is 0 Å². The molecule has 0 saturated carbocycles. The molecule has 6 heteroatoms. The monoisotopic (exact) mass is 363 g/mol. The summed E-state index contributed by atoms with van der Waals surface area (Å²) in [6.45, 7) is 0. The van der Waals surface area contributed by atoms with E-state index in [1.165, 1.54) is 0 Å². The number of hydrogen-bond donors (Lipinski definition) is 2. The number of ether oxygens (including phenoxy) is 1. The summed E-state index contributed by atoms with van der Waals surface area (Å²) in [5, 5.41) is 11.0. The Morgan fingerprint density at radius 2 is 1.85 bits per heavy atom. The molecule has 0 radical (unpaired) electrons. The van der Waals surface area contributed by atoms with Gasteiger partial charge >= 0.3 is 0 Å². The average Bonchev–Trinajstić information content (AvgIpc) is 3.38. The predicted octanol–water partition coefficient (Wildman–Crippen LogP) is 4.29. The Morgan fingerprint density at radius 1 is 1.08 bits per heavy atom. The third-order valence-corrected chi connectivity index (χ3v) is 5.37. The van der Waals surface area contributed by atoms with Gasteiger partial charge in [-0.25, -0.2) is 4.98 Å². The van der Waals surface area contributed by atoms with Crippen LogP contribution in [0, 0.1) is 0 Å². The molecule has 5 nitrogen and oxygen atoms in total. The maximum absolute atomic E-state index is 11.0. The van der Waals surface area contributed by atoms with E-state index in [2.05, 4.69) is 15.0 Å². The second-order valence-corrected chi connectivity index (χ2v) is 6.80. The molecule has 0 amide bonds. The van der Waals surface area contributed by atoms with Crippen molar-refractivity contribution in [1.29, 1.82) is 0 Å². The fourth-order valence-electron chi connectivity index (χ4n) is 2.81. The molecule has 4 aromatic rings. The summed E-state index contributed by atoms with van der Waals surface area (Å²) in [6, 6.07) is 13.4. The van der Waals surface area contributed by atoms with Gasteiger partial charge in [-0.3, -0.25) is 4.98 Å². The van der Waals surface area contributed by atoms with Crippen molar-refractivity contribution in [1.82, 2.24) is 15.0 Å². The first-order valence-electron chi connectivity index (χ1n) is 8.12. The number of nitrogens with zero attached hydrogens (tertiary/aromatic N) is 2. The molecule has 130 valence electrons. The van der Waals surface area contributed by atoms with Crippen LogP contribution in [0.2, 0.25) is 0 Å². The summed E-state index contributed by atoms with van der Waals surface area (Å²) < 4.78 is 5.20. The van der Waals surface area contributed by atoms with Crippen LogP contribution < -0.4 is 4.74 Å². The number of aromatic amines is 1. The Hall–Kier alpha value is -2.96. The predicted molar refractivity (Wildman–Crippen MR) is 102 cm³/mol. The molecule has 3 heterocycles. The van der Waals surface area contributed by atoms with Gasteiger partial charge < -0.3 is 14.8 Å². The van der Waals surface area contributed by atoms with E-state index in [9.17, 15) is 5.11 Å². The lowest BCUT2D eigenvalue weighted by Crippen LogP contribution is -2.00. The number of nitrogens with one attached hydrogen (secondary N) is 1. The van der Waals surface area contributed by atoms with E-state index in [0.29, 0.717) is 0 Å².